The first-order valence-corrected chi connectivity index (χ1v) is 8.41. The molecule has 0 N–H and O–H groups in total. The third kappa shape index (κ3) is 3.65. The third-order valence-electron chi connectivity index (χ3n) is 4.39. The molecule has 1 atom stereocenters. The first-order valence-electron chi connectivity index (χ1n) is 8.03. The fourth-order valence-corrected chi connectivity index (χ4v) is 3.27. The fraction of sp³-hybridized carbons (Fsp3) is 0.263. The van der Waals surface area contributed by atoms with Gasteiger partial charge in [0.1, 0.15) is 11.9 Å². The molecule has 0 spiro atoms. The summed E-state index contributed by atoms with van der Waals surface area (Å²) in [5.41, 5.74) is 0.847. The number of nitrogens with zero attached hydrogens (tertiary/aromatic N) is 3. The normalized spacial score (nSPS) is 16.3. The molecule has 0 radical (unpaired) electrons. The van der Waals surface area contributed by atoms with Crippen LogP contribution < -0.4 is 0 Å². The lowest BCUT2D eigenvalue weighted by atomic mass is 10.1. The SMILES string of the molecule is N#CC(c1ccccc1Cl)N1CCN(C(=O)c2ccccc2F)CC1. The minimum Gasteiger partial charge on any atom is -0.336 e. The topological polar surface area (TPSA) is 47.3 Å². The Morgan fingerprint density at radius 1 is 1.08 bits per heavy atom. The van der Waals surface area contributed by atoms with E-state index < -0.39 is 11.9 Å². The largest absolute Gasteiger partial charge is 0.336 e. The smallest absolute Gasteiger partial charge is 0.256 e. The van der Waals surface area contributed by atoms with Crippen LogP contribution >= 0.6 is 11.6 Å². The quantitative estimate of drug-likeness (QED) is 0.844. The van der Waals surface area contributed by atoms with Crippen molar-refractivity contribution in [3.8, 4) is 6.07 Å². The Labute approximate surface area is 151 Å². The number of halogens is 2. The summed E-state index contributed by atoms with van der Waals surface area (Å²) in [7, 11) is 0. The Bertz CT molecular complexity index is 812. The summed E-state index contributed by atoms with van der Waals surface area (Å²) in [5.74, 6) is -0.829. The van der Waals surface area contributed by atoms with E-state index >= 15 is 0 Å². The van der Waals surface area contributed by atoms with Gasteiger partial charge in [-0.25, -0.2) is 4.39 Å². The van der Waals surface area contributed by atoms with E-state index in [2.05, 4.69) is 6.07 Å². The zero-order valence-electron chi connectivity index (χ0n) is 13.5. The number of nitriles is 1. The lowest BCUT2D eigenvalue weighted by molar-refractivity contribution is 0.0602. The lowest BCUT2D eigenvalue weighted by Crippen LogP contribution is -2.49. The van der Waals surface area contributed by atoms with E-state index in [9.17, 15) is 14.4 Å². The highest BCUT2D eigenvalue weighted by molar-refractivity contribution is 6.31. The number of piperazine rings is 1. The second kappa shape index (κ2) is 7.64. The van der Waals surface area contributed by atoms with Gasteiger partial charge >= 0.3 is 0 Å². The van der Waals surface area contributed by atoms with Crippen LogP contribution in [0.5, 0.6) is 0 Å². The molecular formula is C19H17ClFN3O. The first-order chi connectivity index (χ1) is 12.1. The summed E-state index contributed by atoms with van der Waals surface area (Å²) in [6, 6.07) is 15.1. The van der Waals surface area contributed by atoms with E-state index in [1.165, 1.54) is 12.1 Å². The standard InChI is InChI=1S/C19H17ClFN3O/c20-16-7-3-1-5-14(16)18(13-22)23-9-11-24(12-10-23)19(25)15-6-2-4-8-17(15)21/h1-8,18H,9-12H2. The van der Waals surface area contributed by atoms with Crippen LogP contribution in [0.25, 0.3) is 0 Å². The Morgan fingerprint density at radius 3 is 2.36 bits per heavy atom. The van der Waals surface area contributed by atoms with E-state index in [0.717, 1.165) is 5.56 Å². The van der Waals surface area contributed by atoms with Gasteiger partial charge in [-0.3, -0.25) is 9.69 Å². The Morgan fingerprint density at radius 2 is 1.72 bits per heavy atom. The van der Waals surface area contributed by atoms with Crippen molar-refractivity contribution in [1.29, 1.82) is 5.26 Å². The van der Waals surface area contributed by atoms with Gasteiger partial charge in [-0.15, -0.1) is 0 Å². The van der Waals surface area contributed by atoms with Crippen molar-refractivity contribution in [3.05, 3.63) is 70.5 Å². The molecule has 3 rings (SSSR count). The molecule has 1 amide bonds. The average Bonchev–Trinajstić information content (AvgIpc) is 2.64. The monoisotopic (exact) mass is 357 g/mol. The molecule has 1 unspecified atom stereocenters. The fourth-order valence-electron chi connectivity index (χ4n) is 3.03. The lowest BCUT2D eigenvalue weighted by Gasteiger charge is -2.37. The summed E-state index contributed by atoms with van der Waals surface area (Å²) in [5, 5.41) is 10.1. The third-order valence-corrected chi connectivity index (χ3v) is 4.74. The van der Waals surface area contributed by atoms with Crippen LogP contribution in [-0.4, -0.2) is 41.9 Å². The maximum atomic E-state index is 13.8. The van der Waals surface area contributed by atoms with Gasteiger partial charge in [0.2, 0.25) is 0 Å². The van der Waals surface area contributed by atoms with Gasteiger partial charge in [-0.1, -0.05) is 41.9 Å². The van der Waals surface area contributed by atoms with Crippen LogP contribution in [0.2, 0.25) is 5.02 Å². The molecule has 4 nitrogen and oxygen atoms in total. The van der Waals surface area contributed by atoms with Crippen LogP contribution in [0.4, 0.5) is 4.39 Å². The molecular weight excluding hydrogens is 341 g/mol. The van der Waals surface area contributed by atoms with Crippen molar-refractivity contribution in [2.45, 2.75) is 6.04 Å². The molecule has 6 heteroatoms. The van der Waals surface area contributed by atoms with Crippen molar-refractivity contribution in [3.63, 3.8) is 0 Å². The summed E-state index contributed by atoms with van der Waals surface area (Å²) in [6.45, 7) is 1.94. The van der Waals surface area contributed by atoms with Crippen LogP contribution in [-0.2, 0) is 0 Å². The Hall–Kier alpha value is -2.42. The summed E-state index contributed by atoms with van der Waals surface area (Å²) in [6.07, 6.45) is 0. The van der Waals surface area contributed by atoms with E-state index in [1.807, 2.05) is 23.1 Å². The molecule has 0 bridgehead atoms. The van der Waals surface area contributed by atoms with Gasteiger partial charge < -0.3 is 4.90 Å². The second-order valence-corrected chi connectivity index (χ2v) is 6.27. The predicted octanol–water partition coefficient (Wildman–Crippen LogP) is 3.50. The molecule has 1 aliphatic rings. The van der Waals surface area contributed by atoms with Crippen molar-refractivity contribution in [2.75, 3.05) is 26.2 Å². The minimum atomic E-state index is -0.513. The highest BCUT2D eigenvalue weighted by Gasteiger charge is 2.29. The van der Waals surface area contributed by atoms with Crippen molar-refractivity contribution < 1.29 is 9.18 Å². The van der Waals surface area contributed by atoms with E-state index in [1.54, 1.807) is 23.1 Å². The molecule has 1 fully saturated rings. The molecule has 1 saturated heterocycles. The molecule has 25 heavy (non-hydrogen) atoms. The van der Waals surface area contributed by atoms with E-state index in [4.69, 9.17) is 11.6 Å². The molecule has 1 heterocycles. The number of benzene rings is 2. The molecule has 128 valence electrons. The summed E-state index contributed by atoms with van der Waals surface area (Å²) in [4.78, 5) is 16.1. The van der Waals surface area contributed by atoms with Gasteiger partial charge in [0.15, 0.2) is 0 Å². The number of rotatable bonds is 3. The van der Waals surface area contributed by atoms with Crippen LogP contribution in [0.15, 0.2) is 48.5 Å². The summed E-state index contributed by atoms with van der Waals surface area (Å²) < 4.78 is 13.8. The van der Waals surface area contributed by atoms with Gasteiger partial charge in [0.05, 0.1) is 11.6 Å². The molecule has 2 aromatic carbocycles. The zero-order valence-corrected chi connectivity index (χ0v) is 14.3. The maximum Gasteiger partial charge on any atom is 0.256 e. The number of carbonyl (C=O) groups excluding carboxylic acids is 1. The van der Waals surface area contributed by atoms with E-state index in [-0.39, 0.29) is 11.5 Å². The molecule has 1 aliphatic heterocycles. The number of hydrogen-bond donors (Lipinski definition) is 0. The number of hydrogen-bond acceptors (Lipinski definition) is 3. The summed E-state index contributed by atoms with van der Waals surface area (Å²) >= 11 is 6.21. The van der Waals surface area contributed by atoms with Gasteiger partial charge in [-0.05, 0) is 18.2 Å². The van der Waals surface area contributed by atoms with Crippen molar-refractivity contribution >= 4 is 17.5 Å². The van der Waals surface area contributed by atoms with Gasteiger partial charge in [0, 0.05) is 36.8 Å². The molecule has 0 aromatic heterocycles. The molecule has 2 aromatic rings. The van der Waals surface area contributed by atoms with Crippen molar-refractivity contribution in [1.82, 2.24) is 9.80 Å². The highest BCUT2D eigenvalue weighted by Crippen LogP contribution is 2.28. The van der Waals surface area contributed by atoms with Crippen LogP contribution in [0.1, 0.15) is 22.0 Å². The highest BCUT2D eigenvalue weighted by atomic mass is 35.5. The molecule has 0 aliphatic carbocycles. The van der Waals surface area contributed by atoms with Gasteiger partial charge in [-0.2, -0.15) is 5.26 Å². The Kier molecular flexibility index (Phi) is 5.32. The number of carbonyl (C=O) groups is 1. The van der Waals surface area contributed by atoms with E-state index in [0.29, 0.717) is 31.2 Å². The van der Waals surface area contributed by atoms with Crippen LogP contribution in [0, 0.1) is 17.1 Å². The average molecular weight is 358 g/mol. The number of amides is 1. The van der Waals surface area contributed by atoms with Crippen LogP contribution in [0.3, 0.4) is 0 Å². The minimum absolute atomic E-state index is 0.0823. The first kappa shape index (κ1) is 17.4. The molecule has 0 saturated carbocycles. The maximum absolute atomic E-state index is 13.8. The van der Waals surface area contributed by atoms with Gasteiger partial charge in [0.25, 0.3) is 5.91 Å². The Balaban J connectivity index is 1.69. The predicted molar refractivity (Wildman–Crippen MR) is 93.7 cm³/mol. The zero-order chi connectivity index (χ0) is 17.8. The second-order valence-electron chi connectivity index (χ2n) is 5.86. The van der Waals surface area contributed by atoms with Crippen molar-refractivity contribution in [2.24, 2.45) is 0 Å².